The van der Waals surface area contributed by atoms with E-state index < -0.39 is 0 Å². The number of hydrogen-bond acceptors (Lipinski definition) is 6. The van der Waals surface area contributed by atoms with Crippen LogP contribution >= 0.6 is 0 Å². The largest absolute Gasteiger partial charge is 0.489 e. The molecule has 4 aromatic carbocycles. The van der Waals surface area contributed by atoms with E-state index in [0.717, 1.165) is 16.7 Å². The van der Waals surface area contributed by atoms with Gasteiger partial charge in [-0.2, -0.15) is 15.8 Å². The molecule has 0 N–H and O–H groups in total. The molecule has 174 valence electrons. The first-order valence-corrected chi connectivity index (χ1v) is 11.2. The summed E-state index contributed by atoms with van der Waals surface area (Å²) in [5, 5.41) is 26.9. The summed E-state index contributed by atoms with van der Waals surface area (Å²) in [6.45, 7) is 1.00. The van der Waals surface area contributed by atoms with Crippen molar-refractivity contribution in [3.05, 3.63) is 124 Å². The summed E-state index contributed by atoms with van der Waals surface area (Å²) in [5.74, 6) is 2.01. The summed E-state index contributed by atoms with van der Waals surface area (Å²) < 4.78 is 17.8. The molecule has 0 heterocycles. The van der Waals surface area contributed by atoms with Crippen LogP contribution in [0.15, 0.2) is 91.0 Å². The summed E-state index contributed by atoms with van der Waals surface area (Å²) in [4.78, 5) is 0. The van der Waals surface area contributed by atoms with Crippen molar-refractivity contribution in [2.45, 2.75) is 19.8 Å². The van der Waals surface area contributed by atoms with Gasteiger partial charge in [0.1, 0.15) is 37.1 Å². The quantitative estimate of drug-likeness (QED) is 0.295. The third-order valence-electron chi connectivity index (χ3n) is 5.28. The van der Waals surface area contributed by atoms with Crippen molar-refractivity contribution in [3.63, 3.8) is 0 Å². The van der Waals surface area contributed by atoms with Gasteiger partial charge >= 0.3 is 0 Å². The van der Waals surface area contributed by atoms with E-state index in [0.29, 0.717) is 53.8 Å². The molecule has 0 amide bonds. The molecule has 0 unspecified atom stereocenters. The van der Waals surface area contributed by atoms with E-state index in [9.17, 15) is 0 Å². The predicted octanol–water partition coefficient (Wildman–Crippen LogP) is 6.04. The van der Waals surface area contributed by atoms with E-state index in [1.54, 1.807) is 72.8 Å². The SMILES string of the molecule is N#Cc1ccc(OCc2cc(COc3ccc(C#N)cc3)cc(COc3ccc(C#N)cc3)c2)cc1. The Balaban J connectivity index is 1.48. The van der Waals surface area contributed by atoms with E-state index in [2.05, 4.69) is 18.2 Å². The van der Waals surface area contributed by atoms with Crippen LogP contribution in [0, 0.1) is 34.0 Å². The normalized spacial score (nSPS) is 9.92. The van der Waals surface area contributed by atoms with Crippen molar-refractivity contribution >= 4 is 0 Å². The predicted molar refractivity (Wildman–Crippen MR) is 133 cm³/mol. The molecule has 0 aliphatic carbocycles. The van der Waals surface area contributed by atoms with Gasteiger partial charge in [0, 0.05) is 0 Å². The van der Waals surface area contributed by atoms with Crippen LogP contribution in [0.2, 0.25) is 0 Å². The minimum Gasteiger partial charge on any atom is -0.489 e. The lowest BCUT2D eigenvalue weighted by molar-refractivity contribution is 0.293. The summed E-state index contributed by atoms with van der Waals surface area (Å²) in [5.41, 5.74) is 4.56. The van der Waals surface area contributed by atoms with Crippen LogP contribution in [0.3, 0.4) is 0 Å². The monoisotopic (exact) mass is 471 g/mol. The molecule has 6 heteroatoms. The van der Waals surface area contributed by atoms with E-state index in [4.69, 9.17) is 30.0 Å². The topological polar surface area (TPSA) is 99.1 Å². The highest BCUT2D eigenvalue weighted by atomic mass is 16.5. The van der Waals surface area contributed by atoms with Crippen molar-refractivity contribution in [2.75, 3.05) is 0 Å². The summed E-state index contributed by atoms with van der Waals surface area (Å²) >= 11 is 0. The number of benzene rings is 4. The minimum atomic E-state index is 0.334. The Hall–Kier alpha value is -5.25. The average Bonchev–Trinajstić information content (AvgIpc) is 2.94. The molecule has 0 aromatic heterocycles. The van der Waals surface area contributed by atoms with Crippen LogP contribution in [0.5, 0.6) is 17.2 Å². The van der Waals surface area contributed by atoms with E-state index >= 15 is 0 Å². The number of hydrogen-bond donors (Lipinski definition) is 0. The molecular weight excluding hydrogens is 450 g/mol. The minimum absolute atomic E-state index is 0.334. The fourth-order valence-electron chi connectivity index (χ4n) is 3.47. The van der Waals surface area contributed by atoms with Crippen molar-refractivity contribution in [3.8, 4) is 35.5 Å². The highest BCUT2D eigenvalue weighted by molar-refractivity contribution is 5.37. The molecule has 0 saturated heterocycles. The van der Waals surface area contributed by atoms with Gasteiger partial charge < -0.3 is 14.2 Å². The van der Waals surface area contributed by atoms with Crippen LogP contribution in [0.25, 0.3) is 0 Å². The van der Waals surface area contributed by atoms with Gasteiger partial charge in [-0.15, -0.1) is 0 Å². The standard InChI is InChI=1S/C30H21N3O3/c31-16-22-1-7-28(8-2-22)34-19-25-13-26(20-35-29-9-3-23(17-32)4-10-29)15-27(14-25)21-36-30-11-5-24(18-33)6-12-30/h1-15H,19-21H2. The molecule has 0 fully saturated rings. The van der Waals surface area contributed by atoms with Gasteiger partial charge in [0.15, 0.2) is 0 Å². The molecule has 0 aliphatic heterocycles. The fraction of sp³-hybridized carbons (Fsp3) is 0.100. The summed E-state index contributed by atoms with van der Waals surface area (Å²) in [6.07, 6.45) is 0. The molecular formula is C30H21N3O3. The summed E-state index contributed by atoms with van der Waals surface area (Å²) in [7, 11) is 0. The Morgan fingerprint density at radius 2 is 0.667 bits per heavy atom. The van der Waals surface area contributed by atoms with Gasteiger partial charge in [0.25, 0.3) is 0 Å². The zero-order chi connectivity index (χ0) is 25.2. The molecule has 0 bridgehead atoms. The number of rotatable bonds is 9. The van der Waals surface area contributed by atoms with Crippen LogP contribution in [0.1, 0.15) is 33.4 Å². The van der Waals surface area contributed by atoms with Crippen molar-refractivity contribution in [1.82, 2.24) is 0 Å². The maximum atomic E-state index is 8.97. The third kappa shape index (κ3) is 6.64. The van der Waals surface area contributed by atoms with Gasteiger partial charge in [-0.1, -0.05) is 0 Å². The van der Waals surface area contributed by atoms with Gasteiger partial charge in [0.2, 0.25) is 0 Å². The van der Waals surface area contributed by atoms with E-state index in [-0.39, 0.29) is 0 Å². The summed E-state index contributed by atoms with van der Waals surface area (Å²) in [6, 6.07) is 33.2. The Morgan fingerprint density at radius 1 is 0.417 bits per heavy atom. The molecule has 4 rings (SSSR count). The molecule has 0 atom stereocenters. The molecule has 0 radical (unpaired) electrons. The van der Waals surface area contributed by atoms with Crippen molar-refractivity contribution in [1.29, 1.82) is 15.8 Å². The van der Waals surface area contributed by atoms with E-state index in [1.165, 1.54) is 0 Å². The third-order valence-corrected chi connectivity index (χ3v) is 5.28. The van der Waals surface area contributed by atoms with Gasteiger partial charge in [-0.05, 0) is 108 Å². The Kier molecular flexibility index (Phi) is 7.80. The van der Waals surface area contributed by atoms with Crippen LogP contribution < -0.4 is 14.2 Å². The first-order valence-electron chi connectivity index (χ1n) is 11.2. The lowest BCUT2D eigenvalue weighted by Crippen LogP contribution is -2.04. The van der Waals surface area contributed by atoms with Gasteiger partial charge in [-0.3, -0.25) is 0 Å². The fourth-order valence-corrected chi connectivity index (χ4v) is 3.47. The van der Waals surface area contributed by atoms with Crippen LogP contribution in [0.4, 0.5) is 0 Å². The number of ether oxygens (including phenoxy) is 3. The molecule has 36 heavy (non-hydrogen) atoms. The Morgan fingerprint density at radius 3 is 0.889 bits per heavy atom. The average molecular weight is 472 g/mol. The maximum absolute atomic E-state index is 8.97. The van der Waals surface area contributed by atoms with Crippen molar-refractivity contribution in [2.24, 2.45) is 0 Å². The second-order valence-corrected chi connectivity index (χ2v) is 7.93. The lowest BCUT2D eigenvalue weighted by Gasteiger charge is -2.13. The lowest BCUT2D eigenvalue weighted by atomic mass is 10.1. The molecule has 0 spiro atoms. The van der Waals surface area contributed by atoms with Gasteiger partial charge in [0.05, 0.1) is 34.9 Å². The van der Waals surface area contributed by atoms with Crippen LogP contribution in [-0.2, 0) is 19.8 Å². The zero-order valence-electron chi connectivity index (χ0n) is 19.3. The first-order chi connectivity index (χ1) is 17.6. The number of nitrogens with zero attached hydrogens (tertiary/aromatic N) is 3. The molecule has 4 aromatic rings. The van der Waals surface area contributed by atoms with E-state index in [1.807, 2.05) is 18.2 Å². The number of nitriles is 3. The van der Waals surface area contributed by atoms with Gasteiger partial charge in [-0.25, -0.2) is 0 Å². The second kappa shape index (κ2) is 11.7. The molecule has 6 nitrogen and oxygen atoms in total. The Labute approximate surface area is 209 Å². The maximum Gasteiger partial charge on any atom is 0.119 e. The second-order valence-electron chi connectivity index (χ2n) is 7.93. The highest BCUT2D eigenvalue weighted by Gasteiger charge is 2.06. The smallest absolute Gasteiger partial charge is 0.119 e. The van der Waals surface area contributed by atoms with Crippen LogP contribution in [-0.4, -0.2) is 0 Å². The zero-order valence-corrected chi connectivity index (χ0v) is 19.3. The first kappa shape index (κ1) is 23.9. The molecule has 0 saturated carbocycles. The highest BCUT2D eigenvalue weighted by Crippen LogP contribution is 2.20. The Bertz CT molecular complexity index is 1250. The van der Waals surface area contributed by atoms with Crippen molar-refractivity contribution < 1.29 is 14.2 Å². The molecule has 0 aliphatic rings.